The molecule has 0 fully saturated rings. The van der Waals surface area contributed by atoms with Crippen LogP contribution in [0.5, 0.6) is 5.75 Å². The number of carboxylic acids is 1. The molecule has 0 saturated heterocycles. The third-order valence-electron chi connectivity index (χ3n) is 2.88. The molecule has 130 valence electrons. The number of nitrogens with one attached hydrogen (secondary N) is 2. The number of carbonyl (C=O) groups excluding carboxylic acids is 3. The van der Waals surface area contributed by atoms with E-state index in [4.69, 9.17) is 16.3 Å². The van der Waals surface area contributed by atoms with E-state index in [2.05, 4.69) is 15.8 Å². The fourth-order valence-corrected chi connectivity index (χ4v) is 1.67. The third kappa shape index (κ3) is 6.66. The van der Waals surface area contributed by atoms with Crippen LogP contribution in [-0.4, -0.2) is 36.6 Å². The molecule has 0 aliphatic rings. The highest BCUT2D eigenvalue weighted by molar-refractivity contribution is 6.35. The zero-order valence-corrected chi connectivity index (χ0v) is 13.9. The minimum atomic E-state index is -1.39. The molecule has 0 unspecified atom stereocenters. The quantitative estimate of drug-likeness (QED) is 0.400. The molecule has 0 aliphatic carbocycles. The number of hydrogen-bond acceptors (Lipinski definition) is 6. The van der Waals surface area contributed by atoms with E-state index in [9.17, 15) is 19.5 Å². The molecule has 0 aliphatic heterocycles. The Kier molecular flexibility index (Phi) is 7.70. The topological polar surface area (TPSA) is 120 Å². The van der Waals surface area contributed by atoms with Crippen molar-refractivity contribution in [2.45, 2.75) is 26.3 Å². The second-order valence-electron chi connectivity index (χ2n) is 4.82. The lowest BCUT2D eigenvalue weighted by Gasteiger charge is -2.10. The molecule has 0 radical (unpaired) electrons. The SMILES string of the molecule is CC[C@H](C)NC(=O)C(=O)N/N=C\c1cc(Cl)ccc1OCC(=O)[O-]. The first-order chi connectivity index (χ1) is 11.3. The number of hydrazone groups is 1. The monoisotopic (exact) mass is 354 g/mol. The van der Waals surface area contributed by atoms with Crippen LogP contribution >= 0.6 is 11.6 Å². The summed E-state index contributed by atoms with van der Waals surface area (Å²) in [5.41, 5.74) is 2.39. The predicted octanol–water partition coefficient (Wildman–Crippen LogP) is -0.166. The number of rotatable bonds is 7. The molecular formula is C15H17ClN3O5-. The normalized spacial score (nSPS) is 11.8. The molecule has 0 heterocycles. The van der Waals surface area contributed by atoms with E-state index >= 15 is 0 Å². The molecule has 24 heavy (non-hydrogen) atoms. The van der Waals surface area contributed by atoms with Gasteiger partial charge in [-0.05, 0) is 31.5 Å². The minimum Gasteiger partial charge on any atom is -0.546 e. The number of ether oxygens (including phenoxy) is 1. The first-order valence-electron chi connectivity index (χ1n) is 7.09. The van der Waals surface area contributed by atoms with Crippen molar-refractivity contribution in [3.05, 3.63) is 28.8 Å². The van der Waals surface area contributed by atoms with E-state index in [0.717, 1.165) is 0 Å². The predicted molar refractivity (Wildman–Crippen MR) is 85.6 cm³/mol. The molecule has 1 aromatic rings. The van der Waals surface area contributed by atoms with Gasteiger partial charge in [-0.2, -0.15) is 5.10 Å². The Morgan fingerprint density at radius 1 is 1.38 bits per heavy atom. The Morgan fingerprint density at radius 2 is 2.08 bits per heavy atom. The largest absolute Gasteiger partial charge is 0.546 e. The fourth-order valence-electron chi connectivity index (χ4n) is 1.49. The molecule has 0 bridgehead atoms. The molecule has 0 spiro atoms. The Labute approximate surface area is 143 Å². The highest BCUT2D eigenvalue weighted by Crippen LogP contribution is 2.21. The van der Waals surface area contributed by atoms with Crippen LogP contribution in [0.4, 0.5) is 0 Å². The van der Waals surface area contributed by atoms with Gasteiger partial charge in [-0.25, -0.2) is 5.43 Å². The Balaban J connectivity index is 2.72. The molecular weight excluding hydrogens is 338 g/mol. The van der Waals surface area contributed by atoms with Gasteiger partial charge in [0.05, 0.1) is 12.2 Å². The molecule has 2 amide bonds. The van der Waals surface area contributed by atoms with Crippen molar-refractivity contribution in [2.75, 3.05) is 6.61 Å². The fraction of sp³-hybridized carbons (Fsp3) is 0.333. The molecule has 0 saturated carbocycles. The first kappa shape index (κ1) is 19.4. The van der Waals surface area contributed by atoms with Gasteiger partial charge in [0, 0.05) is 16.6 Å². The third-order valence-corrected chi connectivity index (χ3v) is 3.12. The number of amides is 2. The maximum Gasteiger partial charge on any atom is 0.329 e. The van der Waals surface area contributed by atoms with Crippen molar-refractivity contribution in [2.24, 2.45) is 5.10 Å². The zero-order chi connectivity index (χ0) is 18.1. The summed E-state index contributed by atoms with van der Waals surface area (Å²) in [7, 11) is 0. The molecule has 1 atom stereocenters. The van der Waals surface area contributed by atoms with E-state index in [0.29, 0.717) is 17.0 Å². The van der Waals surface area contributed by atoms with Crippen LogP contribution in [0.2, 0.25) is 5.02 Å². The molecule has 2 N–H and O–H groups in total. The summed E-state index contributed by atoms with van der Waals surface area (Å²) >= 11 is 5.85. The first-order valence-corrected chi connectivity index (χ1v) is 7.47. The summed E-state index contributed by atoms with van der Waals surface area (Å²) in [6.45, 7) is 2.99. The van der Waals surface area contributed by atoms with Crippen LogP contribution in [-0.2, 0) is 14.4 Å². The summed E-state index contributed by atoms with van der Waals surface area (Å²) in [5, 5.41) is 16.9. The maximum absolute atomic E-state index is 11.6. The maximum atomic E-state index is 11.6. The average molecular weight is 355 g/mol. The van der Waals surface area contributed by atoms with Crippen LogP contribution in [0.25, 0.3) is 0 Å². The summed E-state index contributed by atoms with van der Waals surface area (Å²) in [4.78, 5) is 33.6. The van der Waals surface area contributed by atoms with Gasteiger partial charge >= 0.3 is 11.8 Å². The number of hydrogen-bond donors (Lipinski definition) is 2. The van der Waals surface area contributed by atoms with Gasteiger partial charge in [-0.15, -0.1) is 0 Å². The van der Waals surface area contributed by atoms with Gasteiger partial charge in [0.1, 0.15) is 12.4 Å². The molecule has 8 nitrogen and oxygen atoms in total. The Bertz CT molecular complexity index is 648. The summed E-state index contributed by atoms with van der Waals surface area (Å²) in [5.74, 6) is -2.93. The van der Waals surface area contributed by atoms with E-state index in [1.165, 1.54) is 24.4 Å². The highest BCUT2D eigenvalue weighted by atomic mass is 35.5. The van der Waals surface area contributed by atoms with Crippen molar-refractivity contribution in [1.29, 1.82) is 0 Å². The van der Waals surface area contributed by atoms with E-state index in [-0.39, 0.29) is 11.8 Å². The van der Waals surface area contributed by atoms with Crippen molar-refractivity contribution in [1.82, 2.24) is 10.7 Å². The van der Waals surface area contributed by atoms with Crippen LogP contribution in [0.15, 0.2) is 23.3 Å². The molecule has 1 rings (SSSR count). The van der Waals surface area contributed by atoms with Crippen molar-refractivity contribution >= 4 is 35.6 Å². The standard InChI is InChI=1S/C15H18ClN3O5/c1-3-9(2)18-14(22)15(23)19-17-7-10-6-11(16)4-5-12(10)24-8-13(20)21/h4-7,9H,3,8H2,1-2H3,(H,18,22)(H,19,23)(H,20,21)/p-1/b17-7-/t9-/m0/s1. The second kappa shape index (κ2) is 9.51. The van der Waals surface area contributed by atoms with Gasteiger partial charge in [0.15, 0.2) is 0 Å². The highest BCUT2D eigenvalue weighted by Gasteiger charge is 2.14. The van der Waals surface area contributed by atoms with E-state index in [1.807, 2.05) is 6.92 Å². The number of carboxylic acid groups (broad SMARTS) is 1. The van der Waals surface area contributed by atoms with E-state index in [1.54, 1.807) is 6.92 Å². The van der Waals surface area contributed by atoms with Gasteiger partial charge in [0.25, 0.3) is 0 Å². The summed E-state index contributed by atoms with van der Waals surface area (Å²) < 4.78 is 5.02. The summed E-state index contributed by atoms with van der Waals surface area (Å²) in [6.07, 6.45) is 1.87. The Morgan fingerprint density at radius 3 is 2.71 bits per heavy atom. The zero-order valence-electron chi connectivity index (χ0n) is 13.2. The summed E-state index contributed by atoms with van der Waals surface area (Å²) in [6, 6.07) is 4.28. The van der Waals surface area contributed by atoms with Gasteiger partial charge in [0.2, 0.25) is 0 Å². The van der Waals surface area contributed by atoms with Gasteiger partial charge in [-0.1, -0.05) is 18.5 Å². The van der Waals surface area contributed by atoms with Crippen LogP contribution in [0, 0.1) is 0 Å². The Hall–Kier alpha value is -2.61. The van der Waals surface area contributed by atoms with Gasteiger partial charge < -0.3 is 20.0 Å². The van der Waals surface area contributed by atoms with Gasteiger partial charge in [-0.3, -0.25) is 9.59 Å². The lowest BCUT2D eigenvalue weighted by atomic mass is 10.2. The number of nitrogens with zero attached hydrogens (tertiary/aromatic N) is 1. The number of benzene rings is 1. The average Bonchev–Trinajstić information content (AvgIpc) is 2.53. The smallest absolute Gasteiger partial charge is 0.329 e. The van der Waals surface area contributed by atoms with E-state index < -0.39 is 24.4 Å². The number of aliphatic carboxylic acids is 1. The van der Waals surface area contributed by atoms with Crippen molar-refractivity contribution < 1.29 is 24.2 Å². The van der Waals surface area contributed by atoms with Crippen molar-refractivity contribution in [3.8, 4) is 5.75 Å². The lowest BCUT2D eigenvalue weighted by molar-refractivity contribution is -0.307. The molecule has 1 aromatic carbocycles. The number of halogens is 1. The molecule has 9 heteroatoms. The van der Waals surface area contributed by atoms with Crippen molar-refractivity contribution in [3.63, 3.8) is 0 Å². The van der Waals surface area contributed by atoms with Crippen LogP contribution < -0.4 is 20.6 Å². The lowest BCUT2D eigenvalue weighted by Crippen LogP contribution is -2.41. The minimum absolute atomic E-state index is 0.134. The number of carbonyl (C=O) groups is 3. The second-order valence-corrected chi connectivity index (χ2v) is 5.26. The molecule has 0 aromatic heterocycles. The van der Waals surface area contributed by atoms with Crippen LogP contribution in [0.3, 0.4) is 0 Å². The van der Waals surface area contributed by atoms with Crippen LogP contribution in [0.1, 0.15) is 25.8 Å².